The molecule has 1 N–H and O–H groups in total. The number of hydrogen-bond acceptors (Lipinski definition) is 8. The van der Waals surface area contributed by atoms with Gasteiger partial charge in [-0.3, -0.25) is 14.2 Å². The molecule has 3 aromatic carbocycles. The number of amides is 1. The number of carboxylic acid groups (broad SMARTS) is 1. The van der Waals surface area contributed by atoms with E-state index in [1.54, 1.807) is 48.5 Å². The normalized spacial score (nSPS) is 11.0. The summed E-state index contributed by atoms with van der Waals surface area (Å²) in [6.07, 6.45) is 1.35. The zero-order valence-electron chi connectivity index (χ0n) is 19.2. The third-order valence-electron chi connectivity index (χ3n) is 5.09. The molecule has 0 spiro atoms. The minimum absolute atomic E-state index is 0.0448. The first-order valence-electron chi connectivity index (χ1n) is 10.9. The smallest absolute Gasteiger partial charge is 0.266 e. The predicted octanol–water partition coefficient (Wildman–Crippen LogP) is 2.07. The highest BCUT2D eigenvalue weighted by atomic mass is 32.2. The van der Waals surface area contributed by atoms with Crippen molar-refractivity contribution in [3.63, 3.8) is 0 Å². The summed E-state index contributed by atoms with van der Waals surface area (Å²) >= 11 is 1.12. The maximum atomic E-state index is 13.3. The number of carbonyl (C=O) groups excluding carboxylic acids is 2. The second-order valence-electron chi connectivity index (χ2n) is 7.62. The van der Waals surface area contributed by atoms with Crippen LogP contribution in [0, 0.1) is 6.92 Å². The van der Waals surface area contributed by atoms with E-state index in [1.165, 1.54) is 10.8 Å². The molecule has 4 rings (SSSR count). The summed E-state index contributed by atoms with van der Waals surface area (Å²) in [5, 5.41) is 15.4. The molecule has 0 aliphatic rings. The predicted molar refractivity (Wildman–Crippen MR) is 135 cm³/mol. The number of fused-ring (bicyclic) bond motifs is 1. The fraction of sp³-hybridized carbons (Fsp3) is 0.115. The lowest BCUT2D eigenvalue weighted by Crippen LogP contribution is -2.29. The van der Waals surface area contributed by atoms with Gasteiger partial charge in [-0.2, -0.15) is 5.10 Å². The van der Waals surface area contributed by atoms with Crippen molar-refractivity contribution in [3.8, 4) is 11.4 Å². The van der Waals surface area contributed by atoms with Crippen molar-refractivity contribution in [3.05, 3.63) is 94.3 Å². The molecule has 0 atom stereocenters. The highest BCUT2D eigenvalue weighted by Crippen LogP contribution is 2.23. The van der Waals surface area contributed by atoms with Crippen molar-refractivity contribution in [2.24, 2.45) is 5.10 Å². The number of nitrogens with zero attached hydrogens (tertiary/aromatic N) is 3. The van der Waals surface area contributed by atoms with Gasteiger partial charge in [-0.15, -0.1) is 0 Å². The number of nitrogens with one attached hydrogen (secondary N) is 1. The monoisotopic (exact) mass is 501 g/mol. The van der Waals surface area contributed by atoms with Crippen LogP contribution in [0.25, 0.3) is 16.6 Å². The summed E-state index contributed by atoms with van der Waals surface area (Å²) < 4.78 is 6.68. The van der Waals surface area contributed by atoms with Gasteiger partial charge in [0.05, 0.1) is 34.5 Å². The summed E-state index contributed by atoms with van der Waals surface area (Å²) in [6.45, 7) is 1.30. The fourth-order valence-corrected chi connectivity index (χ4v) is 4.23. The van der Waals surface area contributed by atoms with Crippen molar-refractivity contribution in [2.75, 3.05) is 12.4 Å². The lowest BCUT2D eigenvalue weighted by molar-refractivity contribution is -0.307. The van der Waals surface area contributed by atoms with E-state index in [9.17, 15) is 19.5 Å². The Morgan fingerprint density at radius 1 is 1.08 bits per heavy atom. The molecule has 0 saturated carbocycles. The molecule has 0 unspecified atom stereocenters. The van der Waals surface area contributed by atoms with Crippen LogP contribution in [0.2, 0.25) is 0 Å². The highest BCUT2D eigenvalue weighted by Gasteiger charge is 2.15. The first-order valence-corrected chi connectivity index (χ1v) is 11.9. The van der Waals surface area contributed by atoms with Gasteiger partial charge in [0.2, 0.25) is 0 Å². The number of hydrazone groups is 1. The van der Waals surface area contributed by atoms with E-state index in [-0.39, 0.29) is 17.1 Å². The third-order valence-corrected chi connectivity index (χ3v) is 6.03. The van der Waals surface area contributed by atoms with Gasteiger partial charge in [-0.05, 0) is 42.8 Å². The van der Waals surface area contributed by atoms with Crippen LogP contribution in [0.15, 0.2) is 87.8 Å². The Kier molecular flexibility index (Phi) is 7.76. The SMILES string of the molecule is Cc1ccccc1-n1c(SCC(=O)NN=Cc2ccccc2OCC(=O)[O-])nc2ccccc2c1=O. The number of para-hydroxylation sites is 3. The van der Waals surface area contributed by atoms with Crippen LogP contribution in [0.4, 0.5) is 0 Å². The lowest BCUT2D eigenvalue weighted by Gasteiger charge is -2.14. The Labute approximate surface area is 210 Å². The zero-order valence-corrected chi connectivity index (χ0v) is 20.0. The second-order valence-corrected chi connectivity index (χ2v) is 8.56. The summed E-state index contributed by atoms with van der Waals surface area (Å²) in [6, 6.07) is 21.2. The van der Waals surface area contributed by atoms with Gasteiger partial charge in [0.1, 0.15) is 12.4 Å². The minimum Gasteiger partial charge on any atom is -0.546 e. The van der Waals surface area contributed by atoms with Gasteiger partial charge in [0.25, 0.3) is 11.5 Å². The van der Waals surface area contributed by atoms with Crippen LogP contribution in [0.3, 0.4) is 0 Å². The van der Waals surface area contributed by atoms with Crippen LogP contribution in [0.5, 0.6) is 5.75 Å². The Morgan fingerprint density at radius 2 is 1.81 bits per heavy atom. The minimum atomic E-state index is -1.35. The molecule has 36 heavy (non-hydrogen) atoms. The summed E-state index contributed by atoms with van der Waals surface area (Å²) in [5.41, 5.74) is 4.82. The third kappa shape index (κ3) is 5.78. The number of carboxylic acids is 1. The first kappa shape index (κ1) is 24.7. The van der Waals surface area contributed by atoms with E-state index < -0.39 is 18.5 Å². The molecule has 1 amide bonds. The molecular formula is C26H21N4O5S-. The number of thioether (sulfide) groups is 1. The highest BCUT2D eigenvalue weighted by molar-refractivity contribution is 7.99. The van der Waals surface area contributed by atoms with Crippen molar-refractivity contribution in [1.82, 2.24) is 15.0 Å². The standard InChI is InChI=1S/C26H22N4O5S/c1-17-8-2-6-12-21(17)30-25(34)19-10-4-5-11-20(19)28-26(30)36-16-23(31)29-27-14-18-9-3-7-13-22(18)35-15-24(32)33/h2-14H,15-16H2,1H3,(H,29,31)(H,32,33)/p-1. The zero-order chi connectivity index (χ0) is 25.5. The molecule has 1 aromatic heterocycles. The molecule has 0 aliphatic carbocycles. The van der Waals surface area contributed by atoms with E-state index in [1.807, 2.05) is 31.2 Å². The molecule has 4 aromatic rings. The molecule has 0 fully saturated rings. The number of rotatable bonds is 9. The number of aromatic nitrogens is 2. The van der Waals surface area contributed by atoms with Crippen LogP contribution in [0.1, 0.15) is 11.1 Å². The average molecular weight is 502 g/mol. The van der Waals surface area contributed by atoms with Crippen LogP contribution < -0.4 is 20.8 Å². The second kappa shape index (κ2) is 11.3. The van der Waals surface area contributed by atoms with Crippen LogP contribution in [-0.4, -0.2) is 40.0 Å². The Hall–Kier alpha value is -4.44. The van der Waals surface area contributed by atoms with Gasteiger partial charge in [0, 0.05) is 5.56 Å². The summed E-state index contributed by atoms with van der Waals surface area (Å²) in [7, 11) is 0. The quantitative estimate of drug-likeness (QED) is 0.161. The van der Waals surface area contributed by atoms with E-state index in [4.69, 9.17) is 4.74 Å². The number of ether oxygens (including phenoxy) is 1. The van der Waals surface area contributed by atoms with Crippen molar-refractivity contribution in [1.29, 1.82) is 0 Å². The Bertz CT molecular complexity index is 1520. The number of benzene rings is 3. The van der Waals surface area contributed by atoms with Crippen molar-refractivity contribution < 1.29 is 19.4 Å². The molecule has 1 heterocycles. The first-order chi connectivity index (χ1) is 17.4. The van der Waals surface area contributed by atoms with Crippen molar-refractivity contribution in [2.45, 2.75) is 12.1 Å². The van der Waals surface area contributed by atoms with Gasteiger partial charge in [-0.25, -0.2) is 10.4 Å². The number of hydrogen-bond donors (Lipinski definition) is 1. The van der Waals surface area contributed by atoms with Gasteiger partial charge in [-0.1, -0.05) is 54.2 Å². The maximum Gasteiger partial charge on any atom is 0.266 e. The molecule has 9 nitrogen and oxygen atoms in total. The molecule has 0 radical (unpaired) electrons. The van der Waals surface area contributed by atoms with Gasteiger partial charge < -0.3 is 14.6 Å². The topological polar surface area (TPSA) is 126 Å². The molecule has 10 heteroatoms. The fourth-order valence-electron chi connectivity index (χ4n) is 3.43. The number of carbonyl (C=O) groups is 2. The number of aryl methyl sites for hydroxylation is 1. The van der Waals surface area contributed by atoms with Gasteiger partial charge in [0.15, 0.2) is 5.16 Å². The number of aliphatic carboxylic acids is 1. The maximum absolute atomic E-state index is 13.3. The molecule has 0 saturated heterocycles. The Morgan fingerprint density at radius 3 is 2.61 bits per heavy atom. The molecule has 0 aliphatic heterocycles. The largest absolute Gasteiger partial charge is 0.546 e. The summed E-state index contributed by atoms with van der Waals surface area (Å²) in [5.74, 6) is -1.52. The van der Waals surface area contributed by atoms with Gasteiger partial charge >= 0.3 is 0 Å². The van der Waals surface area contributed by atoms with E-state index in [0.717, 1.165) is 17.3 Å². The summed E-state index contributed by atoms with van der Waals surface area (Å²) in [4.78, 5) is 41.1. The van der Waals surface area contributed by atoms with E-state index in [2.05, 4.69) is 15.5 Å². The lowest BCUT2D eigenvalue weighted by atomic mass is 10.2. The van der Waals surface area contributed by atoms with E-state index in [0.29, 0.717) is 27.3 Å². The molecule has 0 bridgehead atoms. The van der Waals surface area contributed by atoms with E-state index >= 15 is 0 Å². The molecular weight excluding hydrogens is 480 g/mol. The van der Waals surface area contributed by atoms with Crippen LogP contribution in [-0.2, 0) is 9.59 Å². The Balaban J connectivity index is 1.52. The molecule has 182 valence electrons. The van der Waals surface area contributed by atoms with Crippen molar-refractivity contribution >= 4 is 40.8 Å². The average Bonchev–Trinajstić information content (AvgIpc) is 2.87. The van der Waals surface area contributed by atoms with Crippen LogP contribution >= 0.6 is 11.8 Å².